The van der Waals surface area contributed by atoms with Gasteiger partial charge in [-0.3, -0.25) is 4.99 Å². The third kappa shape index (κ3) is 3.14. The highest BCUT2D eigenvalue weighted by Gasteiger charge is 2.32. The summed E-state index contributed by atoms with van der Waals surface area (Å²) in [5, 5.41) is 3.24. The van der Waals surface area contributed by atoms with Crippen LogP contribution in [0.5, 0.6) is 0 Å². The maximum Gasteiger partial charge on any atom is 0.0466 e. The molecule has 2 nitrogen and oxygen atoms in total. The Kier molecular flexibility index (Phi) is 2.60. The summed E-state index contributed by atoms with van der Waals surface area (Å²) in [6.45, 7) is 5.19. The summed E-state index contributed by atoms with van der Waals surface area (Å²) in [4.78, 5) is 4.00. The first-order chi connectivity index (χ1) is 5.27. The van der Waals surface area contributed by atoms with Crippen molar-refractivity contribution in [3.8, 4) is 0 Å². The second-order valence-electron chi connectivity index (χ2n) is 2.91. The summed E-state index contributed by atoms with van der Waals surface area (Å²) in [5.41, 5.74) is 0.252. The van der Waals surface area contributed by atoms with Gasteiger partial charge in [0.15, 0.2) is 0 Å². The van der Waals surface area contributed by atoms with E-state index in [1.54, 1.807) is 12.4 Å². The smallest absolute Gasteiger partial charge is 0.0466 e. The Morgan fingerprint density at radius 1 is 1.55 bits per heavy atom. The van der Waals surface area contributed by atoms with Gasteiger partial charge >= 0.3 is 0 Å². The number of hydrogen-bond donors (Lipinski definition) is 1. The van der Waals surface area contributed by atoms with Crippen LogP contribution in [0, 0.1) is 0 Å². The summed E-state index contributed by atoms with van der Waals surface area (Å²) >= 11 is 0. The van der Waals surface area contributed by atoms with Gasteiger partial charge < -0.3 is 5.32 Å². The summed E-state index contributed by atoms with van der Waals surface area (Å²) in [6.07, 6.45) is 9.57. The lowest BCUT2D eigenvalue weighted by atomic mass is 10.2. The van der Waals surface area contributed by atoms with E-state index < -0.39 is 0 Å². The van der Waals surface area contributed by atoms with Crippen LogP contribution in [0.4, 0.5) is 0 Å². The van der Waals surface area contributed by atoms with E-state index in [2.05, 4.69) is 23.3 Å². The number of nitrogens with one attached hydrogen (secondary N) is 1. The number of hydrogen-bond acceptors (Lipinski definition) is 2. The van der Waals surface area contributed by atoms with Crippen LogP contribution < -0.4 is 5.32 Å². The van der Waals surface area contributed by atoms with Crippen LogP contribution in [0.3, 0.4) is 0 Å². The van der Waals surface area contributed by atoms with E-state index in [1.807, 2.05) is 19.1 Å². The normalized spacial score (nSPS) is 31.1. The fourth-order valence-electron chi connectivity index (χ4n) is 0.698. The van der Waals surface area contributed by atoms with E-state index in [-0.39, 0.29) is 5.54 Å². The maximum absolute atomic E-state index is 4.00. The highest BCUT2D eigenvalue weighted by Crippen LogP contribution is 2.15. The van der Waals surface area contributed by atoms with Crippen molar-refractivity contribution in [1.82, 2.24) is 5.32 Å². The summed E-state index contributed by atoms with van der Waals surface area (Å²) < 4.78 is 0. The molecule has 0 radical (unpaired) electrons. The molecule has 11 heavy (non-hydrogen) atoms. The monoisotopic (exact) mass is 150 g/mol. The minimum Gasteiger partial charge on any atom is -0.305 e. The highest BCUT2D eigenvalue weighted by molar-refractivity contribution is 5.72. The van der Waals surface area contributed by atoms with Gasteiger partial charge in [-0.1, -0.05) is 12.2 Å². The Morgan fingerprint density at radius 2 is 2.27 bits per heavy atom. The molecule has 60 valence electrons. The number of nitrogens with zero attached hydrogens (tertiary/aromatic N) is 1. The van der Waals surface area contributed by atoms with E-state index in [9.17, 15) is 0 Å². The van der Waals surface area contributed by atoms with Gasteiger partial charge in [0.05, 0.1) is 0 Å². The molecule has 0 aromatic heterocycles. The summed E-state index contributed by atoms with van der Waals surface area (Å²) in [5.74, 6) is 0. The SMILES string of the molecule is C/C=C/N=C\C=C\C1(C)CN1. The predicted octanol–water partition coefficient (Wildman–Crippen LogP) is 1.51. The molecule has 1 aliphatic heterocycles. The van der Waals surface area contributed by atoms with Crippen LogP contribution >= 0.6 is 0 Å². The molecular weight excluding hydrogens is 136 g/mol. The Labute approximate surface area is 67.7 Å². The van der Waals surface area contributed by atoms with Crippen molar-refractivity contribution >= 4 is 6.21 Å². The molecule has 1 heterocycles. The van der Waals surface area contributed by atoms with Crippen LogP contribution in [-0.2, 0) is 0 Å². The second kappa shape index (κ2) is 3.49. The van der Waals surface area contributed by atoms with Gasteiger partial charge in [-0.2, -0.15) is 0 Å². The van der Waals surface area contributed by atoms with Crippen molar-refractivity contribution in [1.29, 1.82) is 0 Å². The van der Waals surface area contributed by atoms with Gasteiger partial charge in [-0.05, 0) is 19.9 Å². The molecule has 0 aromatic rings. The Bertz CT molecular complexity index is 198. The molecule has 1 N–H and O–H groups in total. The fraction of sp³-hybridized carbons (Fsp3) is 0.444. The zero-order valence-electron chi connectivity index (χ0n) is 7.04. The second-order valence-corrected chi connectivity index (χ2v) is 2.91. The first kappa shape index (κ1) is 8.21. The van der Waals surface area contributed by atoms with E-state index in [4.69, 9.17) is 0 Å². The average Bonchev–Trinajstić information content (AvgIpc) is 2.69. The quantitative estimate of drug-likeness (QED) is 0.480. The van der Waals surface area contributed by atoms with Crippen molar-refractivity contribution < 1.29 is 0 Å². The minimum absolute atomic E-state index is 0.252. The molecule has 0 bridgehead atoms. The lowest BCUT2D eigenvalue weighted by molar-refractivity contribution is 0.882. The zero-order chi connectivity index (χ0) is 8.16. The first-order valence-electron chi connectivity index (χ1n) is 3.84. The van der Waals surface area contributed by atoms with Gasteiger partial charge in [-0.25, -0.2) is 0 Å². The highest BCUT2D eigenvalue weighted by atomic mass is 15.1. The van der Waals surface area contributed by atoms with Crippen LogP contribution in [0.15, 0.2) is 29.4 Å². The Hall–Kier alpha value is -0.890. The van der Waals surface area contributed by atoms with Gasteiger partial charge in [0.2, 0.25) is 0 Å². The molecule has 0 spiro atoms. The molecule has 1 saturated heterocycles. The van der Waals surface area contributed by atoms with Crippen molar-refractivity contribution in [2.24, 2.45) is 4.99 Å². The number of rotatable bonds is 3. The third-order valence-electron chi connectivity index (χ3n) is 1.61. The lowest BCUT2D eigenvalue weighted by Crippen LogP contribution is -2.02. The van der Waals surface area contributed by atoms with Crippen molar-refractivity contribution in [2.75, 3.05) is 6.54 Å². The van der Waals surface area contributed by atoms with Gasteiger partial charge in [0.1, 0.15) is 0 Å². The predicted molar refractivity (Wildman–Crippen MR) is 48.9 cm³/mol. The molecule has 1 unspecified atom stereocenters. The summed E-state index contributed by atoms with van der Waals surface area (Å²) in [7, 11) is 0. The van der Waals surface area contributed by atoms with Crippen LogP contribution in [0.2, 0.25) is 0 Å². The molecule has 1 fully saturated rings. The van der Waals surface area contributed by atoms with Crippen molar-refractivity contribution in [3.05, 3.63) is 24.4 Å². The molecule has 0 saturated carbocycles. The van der Waals surface area contributed by atoms with Gasteiger partial charge in [0.25, 0.3) is 0 Å². The molecule has 0 aliphatic carbocycles. The molecule has 0 amide bonds. The molecule has 1 rings (SSSR count). The number of aliphatic imine (C=N–C) groups is 1. The molecule has 1 aliphatic rings. The Balaban J connectivity index is 2.25. The van der Waals surface area contributed by atoms with Crippen molar-refractivity contribution in [2.45, 2.75) is 19.4 Å². The largest absolute Gasteiger partial charge is 0.305 e. The van der Waals surface area contributed by atoms with Gasteiger partial charge in [-0.15, -0.1) is 0 Å². The van der Waals surface area contributed by atoms with Crippen LogP contribution in [0.1, 0.15) is 13.8 Å². The fourth-order valence-corrected chi connectivity index (χ4v) is 0.698. The third-order valence-corrected chi connectivity index (χ3v) is 1.61. The van der Waals surface area contributed by atoms with E-state index in [1.165, 1.54) is 0 Å². The molecular formula is C9H14N2. The van der Waals surface area contributed by atoms with E-state index in [0.717, 1.165) is 6.54 Å². The van der Waals surface area contributed by atoms with E-state index in [0.29, 0.717) is 0 Å². The number of allylic oxidation sites excluding steroid dienone is 2. The molecule has 2 heteroatoms. The molecule has 0 aromatic carbocycles. The lowest BCUT2D eigenvalue weighted by Gasteiger charge is -1.92. The summed E-state index contributed by atoms with van der Waals surface area (Å²) in [6, 6.07) is 0. The average molecular weight is 150 g/mol. The first-order valence-corrected chi connectivity index (χ1v) is 3.84. The topological polar surface area (TPSA) is 34.3 Å². The van der Waals surface area contributed by atoms with Crippen molar-refractivity contribution in [3.63, 3.8) is 0 Å². The standard InChI is InChI=1S/C9H14N2/c1-3-6-10-7-4-5-9(2)8-11-9/h3-7,11H,8H2,1-2H3/b5-4+,6-3+,10-7-. The Morgan fingerprint density at radius 3 is 2.82 bits per heavy atom. The van der Waals surface area contributed by atoms with Crippen LogP contribution in [-0.4, -0.2) is 18.3 Å². The molecule has 1 atom stereocenters. The minimum atomic E-state index is 0.252. The zero-order valence-corrected chi connectivity index (χ0v) is 7.04. The van der Waals surface area contributed by atoms with E-state index >= 15 is 0 Å². The van der Waals surface area contributed by atoms with Crippen LogP contribution in [0.25, 0.3) is 0 Å². The van der Waals surface area contributed by atoms with Gasteiger partial charge in [0, 0.05) is 24.5 Å². The maximum atomic E-state index is 4.00.